The molecule has 1 aromatic heterocycles. The average molecular weight is 290 g/mol. The first kappa shape index (κ1) is 13.8. The minimum absolute atomic E-state index is 0.241. The van der Waals surface area contributed by atoms with Gasteiger partial charge in [0.2, 0.25) is 6.79 Å². The van der Waals surface area contributed by atoms with Crippen molar-refractivity contribution >= 4 is 0 Å². The lowest BCUT2D eigenvalue weighted by Gasteiger charge is -2.12. The molecular formula is C14H18N4O3. The first-order valence-corrected chi connectivity index (χ1v) is 6.85. The quantitative estimate of drug-likeness (QED) is 0.750. The van der Waals surface area contributed by atoms with Crippen LogP contribution in [0.3, 0.4) is 0 Å². The zero-order valence-electron chi connectivity index (χ0n) is 11.8. The molecule has 21 heavy (non-hydrogen) atoms. The van der Waals surface area contributed by atoms with Crippen LogP contribution in [0.2, 0.25) is 0 Å². The van der Waals surface area contributed by atoms with Gasteiger partial charge in [-0.2, -0.15) is 0 Å². The van der Waals surface area contributed by atoms with Gasteiger partial charge in [-0.05, 0) is 17.7 Å². The van der Waals surface area contributed by atoms with Crippen LogP contribution in [0.15, 0.2) is 24.5 Å². The summed E-state index contributed by atoms with van der Waals surface area (Å²) in [5, 5.41) is 21.2. The van der Waals surface area contributed by atoms with Crippen LogP contribution in [-0.4, -0.2) is 39.8 Å². The standard InChI is InChI=1S/C14H18N4O3/c1-18-8-16-17-14(18)4-5-15-7-11(19)10-2-3-12-13(6-10)21-9-20-12/h2-3,6,8,11,15,19H,4-5,7,9H2,1H3. The second kappa shape index (κ2) is 6.11. The molecule has 0 saturated heterocycles. The number of hydrogen-bond acceptors (Lipinski definition) is 6. The maximum absolute atomic E-state index is 10.2. The normalized spacial score (nSPS) is 14.4. The summed E-state index contributed by atoms with van der Waals surface area (Å²) >= 11 is 0. The van der Waals surface area contributed by atoms with E-state index < -0.39 is 6.10 Å². The zero-order chi connectivity index (χ0) is 14.7. The number of aliphatic hydroxyl groups is 1. The Bertz CT molecular complexity index is 614. The molecule has 2 N–H and O–H groups in total. The van der Waals surface area contributed by atoms with Crippen LogP contribution in [-0.2, 0) is 13.5 Å². The monoisotopic (exact) mass is 290 g/mol. The van der Waals surface area contributed by atoms with E-state index in [4.69, 9.17) is 9.47 Å². The van der Waals surface area contributed by atoms with Gasteiger partial charge in [0, 0.05) is 26.6 Å². The Morgan fingerprint density at radius 2 is 2.24 bits per heavy atom. The van der Waals surface area contributed by atoms with Crippen molar-refractivity contribution in [3.05, 3.63) is 35.9 Å². The van der Waals surface area contributed by atoms with Crippen LogP contribution in [0.1, 0.15) is 17.5 Å². The summed E-state index contributed by atoms with van der Waals surface area (Å²) in [5.41, 5.74) is 0.811. The van der Waals surface area contributed by atoms with E-state index in [0.717, 1.165) is 30.1 Å². The Morgan fingerprint density at radius 3 is 3.05 bits per heavy atom. The highest BCUT2D eigenvalue weighted by Crippen LogP contribution is 2.33. The number of aryl methyl sites for hydroxylation is 1. The molecule has 0 bridgehead atoms. The van der Waals surface area contributed by atoms with Gasteiger partial charge in [0.15, 0.2) is 11.5 Å². The van der Waals surface area contributed by atoms with Crippen molar-refractivity contribution in [2.24, 2.45) is 7.05 Å². The van der Waals surface area contributed by atoms with Crippen molar-refractivity contribution < 1.29 is 14.6 Å². The van der Waals surface area contributed by atoms with Crippen molar-refractivity contribution in [1.29, 1.82) is 0 Å². The topological polar surface area (TPSA) is 81.4 Å². The zero-order valence-corrected chi connectivity index (χ0v) is 11.8. The van der Waals surface area contributed by atoms with Gasteiger partial charge in [-0.3, -0.25) is 0 Å². The number of hydrogen-bond donors (Lipinski definition) is 2. The van der Waals surface area contributed by atoms with Crippen LogP contribution in [0.25, 0.3) is 0 Å². The molecule has 7 nitrogen and oxygen atoms in total. The van der Waals surface area contributed by atoms with Gasteiger partial charge in [-0.15, -0.1) is 10.2 Å². The van der Waals surface area contributed by atoms with Gasteiger partial charge < -0.3 is 24.5 Å². The smallest absolute Gasteiger partial charge is 0.231 e. The highest BCUT2D eigenvalue weighted by molar-refractivity contribution is 5.45. The minimum Gasteiger partial charge on any atom is -0.454 e. The predicted octanol–water partition coefficient (Wildman–Crippen LogP) is 0.409. The summed E-state index contributed by atoms with van der Waals surface area (Å²) in [6.45, 7) is 1.44. The molecule has 1 aliphatic heterocycles. The van der Waals surface area contributed by atoms with Crippen LogP contribution in [0.4, 0.5) is 0 Å². The van der Waals surface area contributed by atoms with Crippen molar-refractivity contribution in [3.8, 4) is 11.5 Å². The fourth-order valence-corrected chi connectivity index (χ4v) is 2.21. The second-order valence-corrected chi connectivity index (χ2v) is 4.94. The Morgan fingerprint density at radius 1 is 1.38 bits per heavy atom. The summed E-state index contributed by atoms with van der Waals surface area (Å²) in [6, 6.07) is 5.49. The molecule has 0 spiro atoms. The number of aliphatic hydroxyl groups excluding tert-OH is 1. The lowest BCUT2D eigenvalue weighted by Crippen LogP contribution is -2.24. The molecule has 112 valence electrons. The van der Waals surface area contributed by atoms with Crippen molar-refractivity contribution in [2.75, 3.05) is 19.9 Å². The first-order chi connectivity index (χ1) is 10.2. The number of benzene rings is 1. The van der Waals surface area contributed by atoms with Gasteiger partial charge in [0.05, 0.1) is 6.10 Å². The third-order valence-corrected chi connectivity index (χ3v) is 3.45. The summed E-state index contributed by atoms with van der Waals surface area (Å²) in [5.74, 6) is 2.33. The minimum atomic E-state index is -0.584. The Labute approximate surface area is 122 Å². The molecule has 2 heterocycles. The highest BCUT2D eigenvalue weighted by atomic mass is 16.7. The molecule has 0 amide bonds. The van der Waals surface area contributed by atoms with Gasteiger partial charge in [-0.25, -0.2) is 0 Å². The predicted molar refractivity (Wildman–Crippen MR) is 75.1 cm³/mol. The second-order valence-electron chi connectivity index (χ2n) is 4.94. The fourth-order valence-electron chi connectivity index (χ4n) is 2.21. The van der Waals surface area contributed by atoms with Crippen LogP contribution in [0.5, 0.6) is 11.5 Å². The SMILES string of the molecule is Cn1cnnc1CCNCC(O)c1ccc2c(c1)OCO2. The van der Waals surface area contributed by atoms with E-state index in [1.807, 2.05) is 29.8 Å². The molecule has 1 unspecified atom stereocenters. The van der Waals surface area contributed by atoms with Gasteiger partial charge in [-0.1, -0.05) is 6.07 Å². The van der Waals surface area contributed by atoms with Crippen LogP contribution < -0.4 is 14.8 Å². The Kier molecular flexibility index (Phi) is 4.03. The lowest BCUT2D eigenvalue weighted by molar-refractivity contribution is 0.170. The lowest BCUT2D eigenvalue weighted by atomic mass is 10.1. The molecule has 1 aliphatic rings. The molecule has 1 atom stereocenters. The van der Waals surface area contributed by atoms with E-state index in [2.05, 4.69) is 15.5 Å². The van der Waals surface area contributed by atoms with Crippen LogP contribution >= 0.6 is 0 Å². The highest BCUT2D eigenvalue weighted by Gasteiger charge is 2.16. The van der Waals surface area contributed by atoms with Crippen molar-refractivity contribution in [2.45, 2.75) is 12.5 Å². The summed E-state index contributed by atoms with van der Waals surface area (Å²) in [4.78, 5) is 0. The molecule has 0 radical (unpaired) electrons. The molecular weight excluding hydrogens is 272 g/mol. The van der Waals surface area contributed by atoms with Crippen molar-refractivity contribution in [3.63, 3.8) is 0 Å². The van der Waals surface area contributed by atoms with Gasteiger partial charge >= 0.3 is 0 Å². The van der Waals surface area contributed by atoms with Gasteiger partial charge in [0.25, 0.3) is 0 Å². The maximum atomic E-state index is 10.2. The molecule has 0 aliphatic carbocycles. The Hall–Kier alpha value is -2.12. The Balaban J connectivity index is 1.48. The number of ether oxygens (including phenoxy) is 2. The van der Waals surface area contributed by atoms with E-state index in [1.54, 1.807) is 6.33 Å². The number of nitrogens with zero attached hydrogens (tertiary/aromatic N) is 3. The van der Waals surface area contributed by atoms with Crippen molar-refractivity contribution in [1.82, 2.24) is 20.1 Å². The maximum Gasteiger partial charge on any atom is 0.231 e. The van der Waals surface area contributed by atoms with E-state index in [-0.39, 0.29) is 6.79 Å². The van der Waals surface area contributed by atoms with E-state index in [1.165, 1.54) is 0 Å². The molecule has 0 fully saturated rings. The molecule has 2 aromatic rings. The third-order valence-electron chi connectivity index (χ3n) is 3.45. The van der Waals surface area contributed by atoms with E-state index in [9.17, 15) is 5.11 Å². The van der Waals surface area contributed by atoms with E-state index in [0.29, 0.717) is 12.3 Å². The number of fused-ring (bicyclic) bond motifs is 1. The average Bonchev–Trinajstić information content (AvgIpc) is 3.11. The fraction of sp³-hybridized carbons (Fsp3) is 0.429. The summed E-state index contributed by atoms with van der Waals surface area (Å²) in [7, 11) is 1.91. The third kappa shape index (κ3) is 3.14. The first-order valence-electron chi connectivity index (χ1n) is 6.85. The largest absolute Gasteiger partial charge is 0.454 e. The molecule has 0 saturated carbocycles. The molecule has 1 aromatic carbocycles. The number of rotatable bonds is 6. The molecule has 7 heteroatoms. The van der Waals surface area contributed by atoms with Crippen LogP contribution in [0, 0.1) is 0 Å². The number of nitrogens with one attached hydrogen (secondary N) is 1. The number of aromatic nitrogens is 3. The summed E-state index contributed by atoms with van der Waals surface area (Å²) in [6.07, 6.45) is 1.86. The van der Waals surface area contributed by atoms with Gasteiger partial charge in [0.1, 0.15) is 12.2 Å². The van der Waals surface area contributed by atoms with E-state index >= 15 is 0 Å². The summed E-state index contributed by atoms with van der Waals surface area (Å²) < 4.78 is 12.4. The molecule has 3 rings (SSSR count).